The maximum atomic E-state index is 13.3. The topological polar surface area (TPSA) is 35.2 Å². The molecule has 0 bridgehead atoms. The number of aryl methyl sites for hydroxylation is 1. The molecule has 1 aromatic heterocycles. The number of rotatable bonds is 3. The third kappa shape index (κ3) is 2.58. The highest BCUT2D eigenvalue weighted by atomic mass is 79.9. The molecule has 0 spiro atoms. The van der Waals surface area contributed by atoms with Gasteiger partial charge in [-0.1, -0.05) is 6.07 Å². The molecule has 0 radical (unpaired) electrons. The van der Waals surface area contributed by atoms with E-state index in [1.807, 2.05) is 13.0 Å². The van der Waals surface area contributed by atoms with Crippen LogP contribution >= 0.6 is 27.3 Å². The van der Waals surface area contributed by atoms with Crippen LogP contribution < -0.4 is 10.5 Å². The van der Waals surface area contributed by atoms with E-state index in [2.05, 4.69) is 15.9 Å². The number of nitrogens with two attached hydrogens (primary N) is 1. The van der Waals surface area contributed by atoms with E-state index in [1.165, 1.54) is 18.1 Å². The molecule has 0 amide bonds. The number of hydrogen-bond acceptors (Lipinski definition) is 3. The van der Waals surface area contributed by atoms with Gasteiger partial charge < -0.3 is 10.5 Å². The Morgan fingerprint density at radius 1 is 1.39 bits per heavy atom. The van der Waals surface area contributed by atoms with Gasteiger partial charge >= 0.3 is 0 Å². The van der Waals surface area contributed by atoms with Crippen LogP contribution in [0.2, 0.25) is 0 Å². The molecule has 0 saturated carbocycles. The first-order valence-electron chi connectivity index (χ1n) is 5.37. The average Bonchev–Trinajstić information content (AvgIpc) is 2.68. The van der Waals surface area contributed by atoms with Gasteiger partial charge in [0, 0.05) is 14.2 Å². The van der Waals surface area contributed by atoms with Crippen molar-refractivity contribution in [2.75, 3.05) is 7.11 Å². The van der Waals surface area contributed by atoms with Crippen molar-refractivity contribution in [3.8, 4) is 5.75 Å². The fraction of sp³-hybridized carbons (Fsp3) is 0.231. The van der Waals surface area contributed by atoms with Crippen LogP contribution in [0.15, 0.2) is 28.7 Å². The zero-order valence-electron chi connectivity index (χ0n) is 10.0. The summed E-state index contributed by atoms with van der Waals surface area (Å²) in [6.07, 6.45) is 0. The summed E-state index contributed by atoms with van der Waals surface area (Å²) in [6.45, 7) is 2.02. The third-order valence-electron chi connectivity index (χ3n) is 2.65. The SMILES string of the molecule is COc1cc(C(N)c2sc(C)cc2Br)ccc1F. The van der Waals surface area contributed by atoms with Crippen molar-refractivity contribution in [1.29, 1.82) is 0 Å². The van der Waals surface area contributed by atoms with E-state index in [0.717, 1.165) is 14.9 Å². The minimum Gasteiger partial charge on any atom is -0.494 e. The Morgan fingerprint density at radius 2 is 2.11 bits per heavy atom. The van der Waals surface area contributed by atoms with Gasteiger partial charge in [-0.15, -0.1) is 11.3 Å². The summed E-state index contributed by atoms with van der Waals surface area (Å²) in [6, 6.07) is 6.45. The molecule has 2 nitrogen and oxygen atoms in total. The van der Waals surface area contributed by atoms with Crippen LogP contribution in [0, 0.1) is 12.7 Å². The highest BCUT2D eigenvalue weighted by Crippen LogP contribution is 2.35. The molecule has 0 aliphatic rings. The summed E-state index contributed by atoms with van der Waals surface area (Å²) < 4.78 is 19.3. The van der Waals surface area contributed by atoms with Crippen LogP contribution in [0.5, 0.6) is 5.75 Å². The summed E-state index contributed by atoms with van der Waals surface area (Å²) >= 11 is 5.12. The lowest BCUT2D eigenvalue weighted by atomic mass is 10.1. The molecule has 1 atom stereocenters. The van der Waals surface area contributed by atoms with Gasteiger partial charge in [-0.3, -0.25) is 0 Å². The lowest BCUT2D eigenvalue weighted by Gasteiger charge is -2.12. The van der Waals surface area contributed by atoms with Crippen molar-refractivity contribution in [1.82, 2.24) is 0 Å². The molecule has 1 aromatic carbocycles. The summed E-state index contributed by atoms with van der Waals surface area (Å²) in [5.41, 5.74) is 7.04. The van der Waals surface area contributed by atoms with Gasteiger partial charge in [-0.2, -0.15) is 0 Å². The molecule has 0 fully saturated rings. The Morgan fingerprint density at radius 3 is 2.67 bits per heavy atom. The minimum atomic E-state index is -0.380. The Hall–Kier alpha value is -0.910. The number of ether oxygens (including phenoxy) is 1. The third-order valence-corrected chi connectivity index (χ3v) is 4.71. The lowest BCUT2D eigenvalue weighted by molar-refractivity contribution is 0.385. The number of benzene rings is 1. The van der Waals surface area contributed by atoms with Crippen LogP contribution in [-0.2, 0) is 0 Å². The van der Waals surface area contributed by atoms with Crippen molar-refractivity contribution in [3.05, 3.63) is 49.9 Å². The standard InChI is InChI=1S/C13H13BrFNOS/c1-7-5-9(14)13(18-7)12(16)8-3-4-10(15)11(6-8)17-2/h3-6,12H,16H2,1-2H3. The van der Waals surface area contributed by atoms with Crippen LogP contribution in [0.25, 0.3) is 0 Å². The monoisotopic (exact) mass is 329 g/mol. The van der Waals surface area contributed by atoms with Gasteiger partial charge in [-0.25, -0.2) is 4.39 Å². The fourth-order valence-electron chi connectivity index (χ4n) is 1.73. The van der Waals surface area contributed by atoms with E-state index in [9.17, 15) is 4.39 Å². The Kier molecular flexibility index (Phi) is 4.04. The molecular weight excluding hydrogens is 317 g/mol. The zero-order valence-corrected chi connectivity index (χ0v) is 12.4. The molecule has 0 aliphatic heterocycles. The quantitative estimate of drug-likeness (QED) is 0.923. The second-order valence-corrected chi connectivity index (χ2v) is 6.08. The van der Waals surface area contributed by atoms with E-state index < -0.39 is 0 Å². The summed E-state index contributed by atoms with van der Waals surface area (Å²) in [7, 11) is 1.44. The molecule has 1 heterocycles. The average molecular weight is 330 g/mol. The molecule has 18 heavy (non-hydrogen) atoms. The molecule has 2 N–H and O–H groups in total. The first-order valence-corrected chi connectivity index (χ1v) is 6.98. The molecule has 96 valence electrons. The summed E-state index contributed by atoms with van der Waals surface area (Å²) in [5.74, 6) is -0.165. The molecule has 0 aliphatic carbocycles. The molecule has 5 heteroatoms. The van der Waals surface area contributed by atoms with Gasteiger partial charge in [0.25, 0.3) is 0 Å². The molecule has 2 aromatic rings. The maximum absolute atomic E-state index is 13.3. The Balaban J connectivity index is 2.39. The number of thiophene rings is 1. The first-order chi connectivity index (χ1) is 8.52. The second kappa shape index (κ2) is 5.38. The Labute approximate surface area is 118 Å². The van der Waals surface area contributed by atoms with E-state index in [4.69, 9.17) is 10.5 Å². The van der Waals surface area contributed by atoms with Crippen LogP contribution in [-0.4, -0.2) is 7.11 Å². The van der Waals surface area contributed by atoms with Gasteiger partial charge in [0.2, 0.25) is 0 Å². The fourth-order valence-corrected chi connectivity index (χ4v) is 3.66. The van der Waals surface area contributed by atoms with Crippen molar-refractivity contribution in [2.24, 2.45) is 5.73 Å². The van der Waals surface area contributed by atoms with Gasteiger partial charge in [-0.05, 0) is 46.6 Å². The van der Waals surface area contributed by atoms with Crippen LogP contribution in [0.3, 0.4) is 0 Å². The number of methoxy groups -OCH3 is 1. The smallest absolute Gasteiger partial charge is 0.165 e. The number of hydrogen-bond donors (Lipinski definition) is 1. The summed E-state index contributed by atoms with van der Waals surface area (Å²) in [4.78, 5) is 2.21. The predicted molar refractivity (Wildman–Crippen MR) is 75.7 cm³/mol. The molecule has 2 rings (SSSR count). The highest BCUT2D eigenvalue weighted by Gasteiger charge is 2.16. The zero-order chi connectivity index (χ0) is 13.3. The lowest BCUT2D eigenvalue weighted by Crippen LogP contribution is -2.11. The van der Waals surface area contributed by atoms with Crippen LogP contribution in [0.4, 0.5) is 4.39 Å². The molecule has 0 saturated heterocycles. The largest absolute Gasteiger partial charge is 0.494 e. The normalized spacial score (nSPS) is 12.5. The summed E-state index contributed by atoms with van der Waals surface area (Å²) in [5, 5.41) is 0. The predicted octanol–water partition coefficient (Wildman–Crippen LogP) is 4.01. The number of halogens is 2. The van der Waals surface area contributed by atoms with Gasteiger partial charge in [0.05, 0.1) is 13.2 Å². The maximum Gasteiger partial charge on any atom is 0.165 e. The minimum absolute atomic E-state index is 0.215. The van der Waals surface area contributed by atoms with E-state index in [-0.39, 0.29) is 17.6 Å². The van der Waals surface area contributed by atoms with Crippen LogP contribution in [0.1, 0.15) is 21.4 Å². The van der Waals surface area contributed by atoms with E-state index in [1.54, 1.807) is 23.5 Å². The van der Waals surface area contributed by atoms with E-state index in [0.29, 0.717) is 0 Å². The second-order valence-electron chi connectivity index (χ2n) is 3.94. The van der Waals surface area contributed by atoms with Crippen molar-refractivity contribution >= 4 is 27.3 Å². The van der Waals surface area contributed by atoms with Gasteiger partial charge in [0.1, 0.15) is 0 Å². The molecule has 1 unspecified atom stereocenters. The first kappa shape index (κ1) is 13.5. The van der Waals surface area contributed by atoms with Crippen molar-refractivity contribution in [3.63, 3.8) is 0 Å². The van der Waals surface area contributed by atoms with E-state index >= 15 is 0 Å². The van der Waals surface area contributed by atoms with Crippen molar-refractivity contribution in [2.45, 2.75) is 13.0 Å². The molecular formula is C13H13BrFNOS. The van der Waals surface area contributed by atoms with Gasteiger partial charge in [0.15, 0.2) is 11.6 Å². The van der Waals surface area contributed by atoms with Crippen molar-refractivity contribution < 1.29 is 9.13 Å². The Bertz CT molecular complexity index is 570. The highest BCUT2D eigenvalue weighted by molar-refractivity contribution is 9.10.